The molecule has 4 heteroatoms. The van der Waals surface area contributed by atoms with Gasteiger partial charge in [-0.25, -0.2) is 8.78 Å². The SMILES string of the molecule is CC(C)(C)CC(N)CC(=O)Cc1cccc(F)c1F. The number of rotatable bonds is 5. The standard InChI is InChI=1S/C15H21F2NO/c1-15(2,3)9-11(18)8-12(19)7-10-5-4-6-13(16)14(10)17/h4-6,11H,7-9,18H2,1-3H3. The molecule has 0 aromatic heterocycles. The van der Waals surface area contributed by atoms with E-state index in [9.17, 15) is 13.6 Å². The van der Waals surface area contributed by atoms with Crippen molar-refractivity contribution in [1.29, 1.82) is 0 Å². The van der Waals surface area contributed by atoms with Crippen LogP contribution in [0.3, 0.4) is 0 Å². The molecule has 2 nitrogen and oxygen atoms in total. The molecule has 1 aromatic carbocycles. The Labute approximate surface area is 113 Å². The number of carbonyl (C=O) groups is 1. The third-order valence-electron chi connectivity index (χ3n) is 2.78. The Bertz CT molecular complexity index is 452. The number of halogens is 2. The van der Waals surface area contributed by atoms with Crippen LogP contribution in [0.15, 0.2) is 18.2 Å². The number of ketones is 1. The van der Waals surface area contributed by atoms with E-state index in [1.165, 1.54) is 12.1 Å². The monoisotopic (exact) mass is 269 g/mol. The highest BCUT2D eigenvalue weighted by atomic mass is 19.2. The summed E-state index contributed by atoms with van der Waals surface area (Å²) in [5, 5.41) is 0. The molecule has 0 saturated heterocycles. The molecule has 19 heavy (non-hydrogen) atoms. The van der Waals surface area contributed by atoms with E-state index in [1.807, 2.05) is 20.8 Å². The zero-order valence-electron chi connectivity index (χ0n) is 11.7. The molecule has 0 spiro atoms. The summed E-state index contributed by atoms with van der Waals surface area (Å²) in [5.41, 5.74) is 6.03. The molecule has 0 heterocycles. The van der Waals surface area contributed by atoms with E-state index in [1.54, 1.807) is 0 Å². The molecule has 0 aliphatic heterocycles. The predicted octanol–water partition coefficient (Wildman–Crippen LogP) is 3.23. The van der Waals surface area contributed by atoms with Crippen LogP contribution >= 0.6 is 0 Å². The third-order valence-corrected chi connectivity index (χ3v) is 2.78. The number of nitrogens with two attached hydrogens (primary N) is 1. The fraction of sp³-hybridized carbons (Fsp3) is 0.533. The summed E-state index contributed by atoms with van der Waals surface area (Å²) < 4.78 is 26.4. The Balaban J connectivity index is 2.58. The van der Waals surface area contributed by atoms with Crippen molar-refractivity contribution in [2.45, 2.75) is 46.1 Å². The first-order valence-corrected chi connectivity index (χ1v) is 6.39. The van der Waals surface area contributed by atoms with E-state index in [-0.39, 0.29) is 35.6 Å². The zero-order chi connectivity index (χ0) is 14.6. The molecule has 2 N–H and O–H groups in total. The van der Waals surface area contributed by atoms with Crippen LogP contribution in [0.5, 0.6) is 0 Å². The van der Waals surface area contributed by atoms with Crippen LogP contribution in [0.25, 0.3) is 0 Å². The number of carbonyl (C=O) groups excluding carboxylic acids is 1. The summed E-state index contributed by atoms with van der Waals surface area (Å²) >= 11 is 0. The zero-order valence-corrected chi connectivity index (χ0v) is 11.7. The fourth-order valence-corrected chi connectivity index (χ4v) is 2.12. The highest BCUT2D eigenvalue weighted by Crippen LogP contribution is 2.21. The maximum absolute atomic E-state index is 13.4. The first-order valence-electron chi connectivity index (χ1n) is 6.39. The Kier molecular flexibility index (Phi) is 5.18. The first kappa shape index (κ1) is 15.8. The van der Waals surface area contributed by atoms with Gasteiger partial charge in [0.25, 0.3) is 0 Å². The second-order valence-electron chi connectivity index (χ2n) is 6.16. The summed E-state index contributed by atoms with van der Waals surface area (Å²) in [7, 11) is 0. The maximum Gasteiger partial charge on any atom is 0.162 e. The Morgan fingerprint density at radius 3 is 2.53 bits per heavy atom. The fourth-order valence-electron chi connectivity index (χ4n) is 2.12. The van der Waals surface area contributed by atoms with Gasteiger partial charge in [0.1, 0.15) is 5.78 Å². The lowest BCUT2D eigenvalue weighted by molar-refractivity contribution is -0.118. The molecule has 1 rings (SSSR count). The second-order valence-corrected chi connectivity index (χ2v) is 6.16. The molecule has 1 atom stereocenters. The molecule has 0 saturated carbocycles. The molecular formula is C15H21F2NO. The largest absolute Gasteiger partial charge is 0.327 e. The molecule has 106 valence electrons. The minimum Gasteiger partial charge on any atom is -0.327 e. The van der Waals surface area contributed by atoms with Crippen molar-refractivity contribution in [2.24, 2.45) is 11.1 Å². The van der Waals surface area contributed by atoms with Gasteiger partial charge in [-0.1, -0.05) is 32.9 Å². The number of hydrogen-bond donors (Lipinski definition) is 1. The van der Waals surface area contributed by atoms with E-state index < -0.39 is 11.6 Å². The smallest absolute Gasteiger partial charge is 0.162 e. The molecule has 0 amide bonds. The van der Waals surface area contributed by atoms with Gasteiger partial charge in [-0.3, -0.25) is 4.79 Å². The van der Waals surface area contributed by atoms with Crippen molar-refractivity contribution >= 4 is 5.78 Å². The summed E-state index contributed by atoms with van der Waals surface area (Å²) in [6.45, 7) is 6.14. The topological polar surface area (TPSA) is 43.1 Å². The number of benzene rings is 1. The van der Waals surface area contributed by atoms with Crippen LogP contribution in [-0.2, 0) is 11.2 Å². The second kappa shape index (κ2) is 6.24. The van der Waals surface area contributed by atoms with Crippen LogP contribution in [0.1, 0.15) is 39.2 Å². The summed E-state index contributed by atoms with van der Waals surface area (Å²) in [5.74, 6) is -2.04. The van der Waals surface area contributed by atoms with E-state index in [4.69, 9.17) is 5.73 Å². The Hall–Kier alpha value is -1.29. The van der Waals surface area contributed by atoms with Gasteiger partial charge in [0.15, 0.2) is 11.6 Å². The van der Waals surface area contributed by atoms with Crippen molar-refractivity contribution in [3.8, 4) is 0 Å². The molecular weight excluding hydrogens is 248 g/mol. The van der Waals surface area contributed by atoms with Crippen molar-refractivity contribution in [3.63, 3.8) is 0 Å². The molecule has 0 aliphatic rings. The summed E-state index contributed by atoms with van der Waals surface area (Å²) in [6, 6.07) is 3.61. The van der Waals surface area contributed by atoms with Crippen LogP contribution in [-0.4, -0.2) is 11.8 Å². The highest BCUT2D eigenvalue weighted by molar-refractivity contribution is 5.81. The van der Waals surface area contributed by atoms with Gasteiger partial charge in [0.2, 0.25) is 0 Å². The van der Waals surface area contributed by atoms with E-state index >= 15 is 0 Å². The minimum atomic E-state index is -0.944. The Morgan fingerprint density at radius 1 is 1.32 bits per heavy atom. The molecule has 0 aliphatic carbocycles. The van der Waals surface area contributed by atoms with Crippen molar-refractivity contribution in [3.05, 3.63) is 35.4 Å². The number of Topliss-reactive ketones (excluding diaryl/α,β-unsaturated/α-hetero) is 1. The lowest BCUT2D eigenvalue weighted by Crippen LogP contribution is -2.29. The third kappa shape index (κ3) is 5.47. The van der Waals surface area contributed by atoms with Gasteiger partial charge in [0.05, 0.1) is 0 Å². The van der Waals surface area contributed by atoms with Gasteiger partial charge >= 0.3 is 0 Å². The van der Waals surface area contributed by atoms with Gasteiger partial charge < -0.3 is 5.73 Å². The molecule has 1 unspecified atom stereocenters. The van der Waals surface area contributed by atoms with E-state index in [0.29, 0.717) is 6.42 Å². The minimum absolute atomic E-state index is 0.0454. The van der Waals surface area contributed by atoms with Gasteiger partial charge in [-0.15, -0.1) is 0 Å². The summed E-state index contributed by atoms with van der Waals surface area (Å²) in [6.07, 6.45) is 0.791. The van der Waals surface area contributed by atoms with Crippen molar-refractivity contribution in [2.75, 3.05) is 0 Å². The van der Waals surface area contributed by atoms with Crippen molar-refractivity contribution < 1.29 is 13.6 Å². The molecule has 1 aromatic rings. The average Bonchev–Trinajstić information content (AvgIpc) is 2.21. The van der Waals surface area contributed by atoms with E-state index in [2.05, 4.69) is 0 Å². The van der Waals surface area contributed by atoms with Gasteiger partial charge in [-0.05, 0) is 23.5 Å². The molecule has 0 radical (unpaired) electrons. The average molecular weight is 269 g/mol. The lowest BCUT2D eigenvalue weighted by Gasteiger charge is -2.22. The van der Waals surface area contributed by atoms with Crippen LogP contribution < -0.4 is 5.73 Å². The first-order chi connectivity index (χ1) is 8.69. The highest BCUT2D eigenvalue weighted by Gasteiger charge is 2.19. The molecule has 0 fully saturated rings. The summed E-state index contributed by atoms with van der Waals surface area (Å²) in [4.78, 5) is 11.8. The molecule has 0 bridgehead atoms. The van der Waals surface area contributed by atoms with Crippen LogP contribution in [0, 0.1) is 17.0 Å². The lowest BCUT2D eigenvalue weighted by atomic mass is 9.86. The number of hydrogen-bond acceptors (Lipinski definition) is 2. The van der Waals surface area contributed by atoms with Crippen molar-refractivity contribution in [1.82, 2.24) is 0 Å². The van der Waals surface area contributed by atoms with E-state index in [0.717, 1.165) is 6.07 Å². The normalized spacial score (nSPS) is 13.4. The van der Waals surface area contributed by atoms with Crippen LogP contribution in [0.4, 0.5) is 8.78 Å². The van der Waals surface area contributed by atoms with Crippen LogP contribution in [0.2, 0.25) is 0 Å². The van der Waals surface area contributed by atoms with Gasteiger partial charge in [-0.2, -0.15) is 0 Å². The van der Waals surface area contributed by atoms with Gasteiger partial charge in [0, 0.05) is 18.9 Å². The quantitative estimate of drug-likeness (QED) is 0.891. The predicted molar refractivity (Wildman–Crippen MR) is 71.7 cm³/mol. The maximum atomic E-state index is 13.4. The Morgan fingerprint density at radius 2 is 1.95 bits per heavy atom.